The second-order valence-electron chi connectivity index (χ2n) is 6.99. The van der Waals surface area contributed by atoms with Gasteiger partial charge in [-0.3, -0.25) is 4.79 Å². The molecule has 1 fully saturated rings. The van der Waals surface area contributed by atoms with E-state index in [9.17, 15) is 4.79 Å². The molecule has 140 valence electrons. The summed E-state index contributed by atoms with van der Waals surface area (Å²) in [5.41, 5.74) is 8.71. The molecule has 0 spiro atoms. The summed E-state index contributed by atoms with van der Waals surface area (Å²) in [4.78, 5) is 14.3. The van der Waals surface area contributed by atoms with Crippen LogP contribution in [-0.4, -0.2) is 36.5 Å². The predicted molar refractivity (Wildman–Crippen MR) is 107 cm³/mol. The lowest BCUT2D eigenvalue weighted by Crippen LogP contribution is -2.35. The van der Waals surface area contributed by atoms with E-state index in [1.54, 1.807) is 0 Å². The highest BCUT2D eigenvalue weighted by Crippen LogP contribution is 2.26. The van der Waals surface area contributed by atoms with Crippen molar-refractivity contribution >= 4 is 18.3 Å². The summed E-state index contributed by atoms with van der Waals surface area (Å²) in [5.74, 6) is 1.38. The minimum atomic E-state index is -0.0309. The van der Waals surface area contributed by atoms with Crippen LogP contribution < -0.4 is 10.5 Å². The molecule has 0 aromatic heterocycles. The van der Waals surface area contributed by atoms with Crippen molar-refractivity contribution in [2.45, 2.75) is 31.7 Å². The number of amides is 1. The highest BCUT2D eigenvalue weighted by Gasteiger charge is 2.33. The lowest BCUT2D eigenvalue weighted by Gasteiger charge is -2.17. The Morgan fingerprint density at radius 1 is 1.12 bits per heavy atom. The van der Waals surface area contributed by atoms with Gasteiger partial charge in [0, 0.05) is 25.0 Å². The maximum absolute atomic E-state index is 12.5. The lowest BCUT2D eigenvalue weighted by atomic mass is 9.95. The van der Waals surface area contributed by atoms with Gasteiger partial charge >= 0.3 is 0 Å². The Morgan fingerprint density at radius 2 is 1.77 bits per heavy atom. The first kappa shape index (κ1) is 20.3. The van der Waals surface area contributed by atoms with Crippen molar-refractivity contribution in [1.82, 2.24) is 4.90 Å². The summed E-state index contributed by atoms with van der Waals surface area (Å²) in [6, 6.07) is 18.1. The molecule has 4 nitrogen and oxygen atoms in total. The molecule has 1 saturated heterocycles. The number of carbonyl (C=O) groups is 1. The van der Waals surface area contributed by atoms with Crippen LogP contribution in [0.1, 0.15) is 36.8 Å². The highest BCUT2D eigenvalue weighted by molar-refractivity contribution is 5.85. The normalized spacial score (nSPS) is 19.3. The average Bonchev–Trinajstić information content (AvgIpc) is 3.02. The molecule has 0 bridgehead atoms. The third-order valence-electron chi connectivity index (χ3n) is 4.85. The standard InChI is InChI=1S/C21H26N2O2.ClH/c1-15(2)16-8-10-18(11-9-16)25-14-21(24)23-12-19(20(22)13-23)17-6-4-3-5-7-17;/h3-11,15,19-20H,12-14,22H2,1-2H3;1H/t19-,20+;/m0./s1. The van der Waals surface area contributed by atoms with Crippen LogP contribution in [-0.2, 0) is 4.79 Å². The fourth-order valence-electron chi connectivity index (χ4n) is 3.27. The Bertz CT molecular complexity index is 704. The Hall–Kier alpha value is -2.04. The molecule has 1 aliphatic heterocycles. The minimum absolute atomic E-state index is 0. The van der Waals surface area contributed by atoms with E-state index in [0.717, 1.165) is 5.75 Å². The number of hydrogen-bond acceptors (Lipinski definition) is 3. The van der Waals surface area contributed by atoms with Crippen molar-refractivity contribution in [2.75, 3.05) is 19.7 Å². The van der Waals surface area contributed by atoms with E-state index in [0.29, 0.717) is 19.0 Å². The number of rotatable bonds is 5. The Kier molecular flexibility index (Phi) is 7.06. The van der Waals surface area contributed by atoms with E-state index in [1.807, 2.05) is 47.4 Å². The van der Waals surface area contributed by atoms with Crippen LogP contribution in [0.2, 0.25) is 0 Å². The topological polar surface area (TPSA) is 55.6 Å². The minimum Gasteiger partial charge on any atom is -0.484 e. The fourth-order valence-corrected chi connectivity index (χ4v) is 3.27. The van der Waals surface area contributed by atoms with Gasteiger partial charge in [-0.25, -0.2) is 0 Å². The molecular weight excluding hydrogens is 348 g/mol. The van der Waals surface area contributed by atoms with E-state index in [-0.39, 0.29) is 36.9 Å². The molecule has 5 heteroatoms. The summed E-state index contributed by atoms with van der Waals surface area (Å²) in [7, 11) is 0. The van der Waals surface area contributed by atoms with E-state index in [2.05, 4.69) is 26.0 Å². The summed E-state index contributed by atoms with van der Waals surface area (Å²) in [6.45, 7) is 5.58. The SMILES string of the molecule is CC(C)c1ccc(OCC(=O)N2C[C@@H](N)[C@H](c3ccccc3)C2)cc1.Cl. The van der Waals surface area contributed by atoms with E-state index in [4.69, 9.17) is 10.5 Å². The van der Waals surface area contributed by atoms with Crippen LogP contribution in [0.4, 0.5) is 0 Å². The summed E-state index contributed by atoms with van der Waals surface area (Å²) < 4.78 is 5.66. The molecule has 2 N–H and O–H groups in total. The van der Waals surface area contributed by atoms with Gasteiger partial charge < -0.3 is 15.4 Å². The molecule has 1 amide bonds. The van der Waals surface area contributed by atoms with Gasteiger partial charge in [0.1, 0.15) is 5.75 Å². The summed E-state index contributed by atoms with van der Waals surface area (Å²) >= 11 is 0. The van der Waals surface area contributed by atoms with Crippen molar-refractivity contribution in [1.29, 1.82) is 0 Å². The average molecular weight is 375 g/mol. The molecule has 0 saturated carbocycles. The van der Waals surface area contributed by atoms with Gasteiger partial charge in [0.2, 0.25) is 0 Å². The number of benzene rings is 2. The third kappa shape index (κ3) is 4.77. The van der Waals surface area contributed by atoms with Crippen LogP contribution >= 0.6 is 12.4 Å². The number of carbonyl (C=O) groups excluding carboxylic acids is 1. The first-order valence-electron chi connectivity index (χ1n) is 8.85. The fraction of sp³-hybridized carbons (Fsp3) is 0.381. The van der Waals surface area contributed by atoms with E-state index in [1.165, 1.54) is 11.1 Å². The zero-order chi connectivity index (χ0) is 17.8. The summed E-state index contributed by atoms with van der Waals surface area (Å²) in [6.07, 6.45) is 0. The number of ether oxygens (including phenoxy) is 1. The molecule has 0 radical (unpaired) electrons. The van der Waals surface area contributed by atoms with Gasteiger partial charge in [0.25, 0.3) is 5.91 Å². The monoisotopic (exact) mass is 374 g/mol. The molecule has 1 heterocycles. The van der Waals surface area contributed by atoms with Crippen LogP contribution in [0.25, 0.3) is 0 Å². The largest absolute Gasteiger partial charge is 0.484 e. The number of halogens is 1. The quantitative estimate of drug-likeness (QED) is 0.870. The van der Waals surface area contributed by atoms with Gasteiger partial charge in [-0.15, -0.1) is 12.4 Å². The smallest absolute Gasteiger partial charge is 0.260 e. The van der Waals surface area contributed by atoms with Crippen molar-refractivity contribution in [3.05, 3.63) is 65.7 Å². The van der Waals surface area contributed by atoms with Crippen LogP contribution in [0.15, 0.2) is 54.6 Å². The Balaban J connectivity index is 0.00000243. The lowest BCUT2D eigenvalue weighted by molar-refractivity contribution is -0.132. The number of hydrogen-bond donors (Lipinski definition) is 1. The molecule has 2 atom stereocenters. The zero-order valence-corrected chi connectivity index (χ0v) is 16.1. The van der Waals surface area contributed by atoms with Gasteiger partial charge in [-0.2, -0.15) is 0 Å². The van der Waals surface area contributed by atoms with E-state index >= 15 is 0 Å². The van der Waals surface area contributed by atoms with Gasteiger partial charge in [0.15, 0.2) is 6.61 Å². The molecule has 0 aliphatic carbocycles. The van der Waals surface area contributed by atoms with Crippen LogP contribution in [0.5, 0.6) is 5.75 Å². The molecule has 0 unspecified atom stereocenters. The predicted octanol–water partition coefficient (Wildman–Crippen LogP) is 3.56. The molecule has 2 aromatic carbocycles. The van der Waals surface area contributed by atoms with Crippen molar-refractivity contribution in [3.63, 3.8) is 0 Å². The second kappa shape index (κ2) is 9.06. The van der Waals surface area contributed by atoms with Gasteiger partial charge in [-0.05, 0) is 29.2 Å². The maximum atomic E-state index is 12.5. The molecule has 1 aliphatic rings. The number of nitrogens with two attached hydrogens (primary N) is 1. The first-order chi connectivity index (χ1) is 12.0. The van der Waals surface area contributed by atoms with Crippen LogP contribution in [0, 0.1) is 0 Å². The van der Waals surface area contributed by atoms with Gasteiger partial charge in [0.05, 0.1) is 0 Å². The Morgan fingerprint density at radius 3 is 2.38 bits per heavy atom. The van der Waals surface area contributed by atoms with Crippen LogP contribution in [0.3, 0.4) is 0 Å². The summed E-state index contributed by atoms with van der Waals surface area (Å²) in [5, 5.41) is 0. The molecule has 3 rings (SSSR count). The number of nitrogens with zero attached hydrogens (tertiary/aromatic N) is 1. The molecular formula is C21H27ClN2O2. The molecule has 26 heavy (non-hydrogen) atoms. The van der Waals surface area contributed by atoms with Crippen molar-refractivity contribution < 1.29 is 9.53 Å². The Labute approximate surface area is 161 Å². The first-order valence-corrected chi connectivity index (χ1v) is 8.85. The maximum Gasteiger partial charge on any atom is 0.260 e. The zero-order valence-electron chi connectivity index (χ0n) is 15.3. The van der Waals surface area contributed by atoms with Crippen molar-refractivity contribution in [3.8, 4) is 5.75 Å². The van der Waals surface area contributed by atoms with E-state index < -0.39 is 0 Å². The third-order valence-corrected chi connectivity index (χ3v) is 4.85. The number of likely N-dealkylation sites (tertiary alicyclic amines) is 1. The highest BCUT2D eigenvalue weighted by atomic mass is 35.5. The van der Waals surface area contributed by atoms with Gasteiger partial charge in [-0.1, -0.05) is 56.3 Å². The molecule has 2 aromatic rings. The van der Waals surface area contributed by atoms with Crippen molar-refractivity contribution in [2.24, 2.45) is 5.73 Å². The second-order valence-corrected chi connectivity index (χ2v) is 6.99.